The summed E-state index contributed by atoms with van der Waals surface area (Å²) in [5.41, 5.74) is 1.96. The van der Waals surface area contributed by atoms with Crippen LogP contribution in [0.2, 0.25) is 5.15 Å². The second-order valence-electron chi connectivity index (χ2n) is 4.08. The third-order valence-electron chi connectivity index (χ3n) is 2.39. The van der Waals surface area contributed by atoms with E-state index in [1.807, 2.05) is 38.1 Å². The minimum Gasteiger partial charge on any atom is -0.381 e. The van der Waals surface area contributed by atoms with Gasteiger partial charge in [0.25, 0.3) is 0 Å². The van der Waals surface area contributed by atoms with Gasteiger partial charge >= 0.3 is 0 Å². The zero-order valence-electron chi connectivity index (χ0n) is 9.66. The van der Waals surface area contributed by atoms with Crippen LogP contribution >= 0.6 is 11.6 Å². The zero-order chi connectivity index (χ0) is 12.4. The van der Waals surface area contributed by atoms with Gasteiger partial charge in [-0.1, -0.05) is 29.8 Å². The average Bonchev–Trinajstić information content (AvgIpc) is 2.28. The van der Waals surface area contributed by atoms with Gasteiger partial charge < -0.3 is 5.32 Å². The van der Waals surface area contributed by atoms with Crippen LogP contribution in [0.25, 0.3) is 10.9 Å². The molecule has 0 saturated heterocycles. The molecule has 1 aromatic heterocycles. The first-order chi connectivity index (χ1) is 8.13. The third-order valence-corrected chi connectivity index (χ3v) is 2.67. The number of nitrogens with one attached hydrogen (secondary N) is 1. The molecular formula is C13H12ClN3. The largest absolute Gasteiger partial charge is 0.381 e. The van der Waals surface area contributed by atoms with Crippen molar-refractivity contribution in [3.05, 3.63) is 35.0 Å². The quantitative estimate of drug-likeness (QED) is 0.823. The minimum atomic E-state index is 0.226. The SMILES string of the molecule is CC(C)Nc1c(C#N)c(Cl)nc2ccccc12. The normalized spacial score (nSPS) is 10.5. The third kappa shape index (κ3) is 2.17. The molecule has 1 heterocycles. The summed E-state index contributed by atoms with van der Waals surface area (Å²) in [5.74, 6) is 0. The van der Waals surface area contributed by atoms with Crippen molar-refractivity contribution in [3.63, 3.8) is 0 Å². The molecule has 0 aliphatic heterocycles. The molecule has 0 fully saturated rings. The number of para-hydroxylation sites is 1. The molecule has 0 atom stereocenters. The van der Waals surface area contributed by atoms with E-state index < -0.39 is 0 Å². The number of aromatic nitrogens is 1. The molecule has 2 rings (SSSR count). The van der Waals surface area contributed by atoms with Crippen LogP contribution in [0.4, 0.5) is 5.69 Å². The van der Waals surface area contributed by atoms with Gasteiger partial charge in [0.1, 0.15) is 16.8 Å². The van der Waals surface area contributed by atoms with Crippen molar-refractivity contribution in [2.45, 2.75) is 19.9 Å². The van der Waals surface area contributed by atoms with Gasteiger partial charge in [0, 0.05) is 11.4 Å². The van der Waals surface area contributed by atoms with Crippen molar-refractivity contribution >= 4 is 28.2 Å². The van der Waals surface area contributed by atoms with E-state index in [2.05, 4.69) is 16.4 Å². The van der Waals surface area contributed by atoms with Crippen molar-refractivity contribution in [1.82, 2.24) is 4.98 Å². The fourth-order valence-corrected chi connectivity index (χ4v) is 1.95. The van der Waals surface area contributed by atoms with Crippen molar-refractivity contribution in [3.8, 4) is 6.07 Å². The molecule has 17 heavy (non-hydrogen) atoms. The lowest BCUT2D eigenvalue weighted by atomic mass is 10.1. The highest BCUT2D eigenvalue weighted by atomic mass is 35.5. The maximum atomic E-state index is 9.16. The van der Waals surface area contributed by atoms with Crippen molar-refractivity contribution in [1.29, 1.82) is 5.26 Å². The van der Waals surface area contributed by atoms with Crippen LogP contribution in [0, 0.1) is 11.3 Å². The number of anilines is 1. The van der Waals surface area contributed by atoms with Gasteiger partial charge in [0.05, 0.1) is 11.2 Å². The number of nitriles is 1. The van der Waals surface area contributed by atoms with E-state index in [-0.39, 0.29) is 11.2 Å². The Morgan fingerprint density at radius 2 is 2.06 bits per heavy atom. The summed E-state index contributed by atoms with van der Waals surface area (Å²) in [5, 5.41) is 13.6. The molecule has 4 heteroatoms. The minimum absolute atomic E-state index is 0.226. The Kier molecular flexibility index (Phi) is 3.16. The second-order valence-corrected chi connectivity index (χ2v) is 4.44. The Hall–Kier alpha value is -1.79. The second kappa shape index (κ2) is 4.60. The van der Waals surface area contributed by atoms with Gasteiger partial charge in [-0.3, -0.25) is 0 Å². The molecule has 0 unspecified atom stereocenters. The van der Waals surface area contributed by atoms with E-state index in [1.54, 1.807) is 0 Å². The molecule has 1 N–H and O–H groups in total. The summed E-state index contributed by atoms with van der Waals surface area (Å²) < 4.78 is 0. The van der Waals surface area contributed by atoms with E-state index in [0.29, 0.717) is 5.56 Å². The molecule has 0 bridgehead atoms. The topological polar surface area (TPSA) is 48.7 Å². The summed E-state index contributed by atoms with van der Waals surface area (Å²) >= 11 is 6.02. The fourth-order valence-electron chi connectivity index (χ4n) is 1.72. The molecule has 0 aliphatic rings. The smallest absolute Gasteiger partial charge is 0.149 e. The predicted molar refractivity (Wildman–Crippen MR) is 70.2 cm³/mol. The first-order valence-corrected chi connectivity index (χ1v) is 5.76. The van der Waals surface area contributed by atoms with E-state index in [9.17, 15) is 0 Å². The summed E-state index contributed by atoms with van der Waals surface area (Å²) in [7, 11) is 0. The van der Waals surface area contributed by atoms with Crippen LogP contribution in [-0.2, 0) is 0 Å². The molecule has 3 nitrogen and oxygen atoms in total. The number of benzene rings is 1. The number of nitrogens with zero attached hydrogens (tertiary/aromatic N) is 2. The Bertz CT molecular complexity index is 599. The standard InChI is InChI=1S/C13H12ClN3/c1-8(2)16-12-9-5-3-4-6-11(9)17-13(14)10(12)7-15/h3-6,8H,1-2H3,(H,16,17). The monoisotopic (exact) mass is 245 g/mol. The summed E-state index contributed by atoms with van der Waals surface area (Å²) in [4.78, 5) is 4.22. The van der Waals surface area contributed by atoms with Crippen molar-refractivity contribution in [2.24, 2.45) is 0 Å². The van der Waals surface area contributed by atoms with E-state index >= 15 is 0 Å². The summed E-state index contributed by atoms with van der Waals surface area (Å²) in [6.07, 6.45) is 0. The van der Waals surface area contributed by atoms with Gasteiger partial charge in [0.15, 0.2) is 0 Å². The Morgan fingerprint density at radius 3 is 2.71 bits per heavy atom. The van der Waals surface area contributed by atoms with Crippen LogP contribution < -0.4 is 5.32 Å². The van der Waals surface area contributed by atoms with Gasteiger partial charge in [0.2, 0.25) is 0 Å². The maximum absolute atomic E-state index is 9.16. The highest BCUT2D eigenvalue weighted by Crippen LogP contribution is 2.30. The Balaban J connectivity index is 2.78. The van der Waals surface area contributed by atoms with Crippen LogP contribution in [-0.4, -0.2) is 11.0 Å². The van der Waals surface area contributed by atoms with E-state index in [1.165, 1.54) is 0 Å². The highest BCUT2D eigenvalue weighted by Gasteiger charge is 2.13. The summed E-state index contributed by atoms with van der Waals surface area (Å²) in [6, 6.07) is 9.97. The van der Waals surface area contributed by atoms with Gasteiger partial charge in [-0.15, -0.1) is 0 Å². The van der Waals surface area contributed by atoms with Crippen LogP contribution in [0.5, 0.6) is 0 Å². The van der Waals surface area contributed by atoms with Crippen LogP contribution in [0.3, 0.4) is 0 Å². The number of fused-ring (bicyclic) bond motifs is 1. The lowest BCUT2D eigenvalue weighted by molar-refractivity contribution is 0.900. The zero-order valence-corrected chi connectivity index (χ0v) is 10.4. The molecule has 0 radical (unpaired) electrons. The molecule has 0 saturated carbocycles. The molecular weight excluding hydrogens is 234 g/mol. The van der Waals surface area contributed by atoms with Gasteiger partial charge in [-0.2, -0.15) is 5.26 Å². The van der Waals surface area contributed by atoms with Gasteiger partial charge in [-0.25, -0.2) is 4.98 Å². The van der Waals surface area contributed by atoms with Crippen LogP contribution in [0.15, 0.2) is 24.3 Å². The van der Waals surface area contributed by atoms with Crippen molar-refractivity contribution < 1.29 is 0 Å². The fraction of sp³-hybridized carbons (Fsp3) is 0.231. The molecule has 2 aromatic rings. The molecule has 86 valence electrons. The number of hydrogen-bond donors (Lipinski definition) is 1. The van der Waals surface area contributed by atoms with Gasteiger partial charge in [-0.05, 0) is 19.9 Å². The molecule has 0 amide bonds. The number of rotatable bonds is 2. The van der Waals surface area contributed by atoms with Crippen molar-refractivity contribution in [2.75, 3.05) is 5.32 Å². The molecule has 1 aromatic carbocycles. The number of pyridine rings is 1. The molecule has 0 spiro atoms. The lowest BCUT2D eigenvalue weighted by Gasteiger charge is -2.14. The van der Waals surface area contributed by atoms with Crippen LogP contribution in [0.1, 0.15) is 19.4 Å². The lowest BCUT2D eigenvalue weighted by Crippen LogP contribution is -2.12. The number of hydrogen-bond acceptors (Lipinski definition) is 3. The highest BCUT2D eigenvalue weighted by molar-refractivity contribution is 6.31. The average molecular weight is 246 g/mol. The predicted octanol–water partition coefficient (Wildman–Crippen LogP) is 3.58. The van der Waals surface area contributed by atoms with E-state index in [0.717, 1.165) is 16.6 Å². The number of halogens is 1. The maximum Gasteiger partial charge on any atom is 0.149 e. The first kappa shape index (κ1) is 11.7. The first-order valence-electron chi connectivity index (χ1n) is 5.38. The Labute approximate surface area is 105 Å². The van der Waals surface area contributed by atoms with E-state index in [4.69, 9.17) is 16.9 Å². The molecule has 0 aliphatic carbocycles. The Morgan fingerprint density at radius 1 is 1.35 bits per heavy atom. The summed E-state index contributed by atoms with van der Waals surface area (Å²) in [6.45, 7) is 4.04.